The Labute approximate surface area is 114 Å². The number of carboxylic acids is 1. The van der Waals surface area contributed by atoms with Crippen LogP contribution in [0.25, 0.3) is 0 Å². The SMILES string of the molecule is C=C1CC(C)CC(CCC(=O)O)(OC(=O)C(=C)C)C1. The van der Waals surface area contributed by atoms with Crippen molar-refractivity contribution in [2.45, 2.75) is 51.6 Å². The smallest absolute Gasteiger partial charge is 0.333 e. The molecule has 0 spiro atoms. The molecule has 0 aromatic rings. The normalized spacial score (nSPS) is 26.8. The second-order valence-electron chi connectivity index (χ2n) is 5.69. The molecule has 19 heavy (non-hydrogen) atoms. The average molecular weight is 266 g/mol. The van der Waals surface area contributed by atoms with Crippen molar-refractivity contribution in [3.8, 4) is 0 Å². The molecule has 0 aliphatic heterocycles. The fourth-order valence-electron chi connectivity index (χ4n) is 2.74. The van der Waals surface area contributed by atoms with Crippen LogP contribution in [0.5, 0.6) is 0 Å². The molecule has 0 bridgehead atoms. The van der Waals surface area contributed by atoms with E-state index in [1.165, 1.54) is 0 Å². The minimum atomic E-state index is -0.880. The van der Waals surface area contributed by atoms with Gasteiger partial charge in [0, 0.05) is 18.4 Å². The second-order valence-corrected chi connectivity index (χ2v) is 5.69. The van der Waals surface area contributed by atoms with Gasteiger partial charge in [-0.25, -0.2) is 4.79 Å². The Bertz CT molecular complexity index is 410. The molecule has 0 radical (unpaired) electrons. The first-order valence-corrected chi connectivity index (χ1v) is 6.51. The Balaban J connectivity index is 2.88. The van der Waals surface area contributed by atoms with E-state index in [1.54, 1.807) is 6.92 Å². The van der Waals surface area contributed by atoms with Crippen LogP contribution in [0.2, 0.25) is 0 Å². The van der Waals surface area contributed by atoms with Crippen LogP contribution < -0.4 is 0 Å². The Kier molecular flexibility index (Phi) is 4.92. The third-order valence-electron chi connectivity index (χ3n) is 3.38. The van der Waals surface area contributed by atoms with Gasteiger partial charge in [-0.2, -0.15) is 0 Å². The van der Waals surface area contributed by atoms with Crippen LogP contribution in [0.4, 0.5) is 0 Å². The van der Waals surface area contributed by atoms with Gasteiger partial charge in [0.25, 0.3) is 0 Å². The molecule has 1 saturated carbocycles. The molecule has 106 valence electrons. The molecule has 1 rings (SSSR count). The van der Waals surface area contributed by atoms with Crippen molar-refractivity contribution < 1.29 is 19.4 Å². The Morgan fingerprint density at radius 3 is 2.63 bits per heavy atom. The Hall–Kier alpha value is -1.58. The summed E-state index contributed by atoms with van der Waals surface area (Å²) >= 11 is 0. The number of hydrogen-bond acceptors (Lipinski definition) is 3. The molecule has 0 aromatic carbocycles. The first kappa shape index (κ1) is 15.5. The van der Waals surface area contributed by atoms with Crippen molar-refractivity contribution >= 4 is 11.9 Å². The summed E-state index contributed by atoms with van der Waals surface area (Å²) in [6.07, 6.45) is 2.44. The summed E-state index contributed by atoms with van der Waals surface area (Å²) in [6, 6.07) is 0. The highest BCUT2D eigenvalue weighted by molar-refractivity contribution is 5.87. The molecule has 1 aliphatic carbocycles. The molecule has 4 nitrogen and oxygen atoms in total. The van der Waals surface area contributed by atoms with E-state index >= 15 is 0 Å². The predicted octanol–water partition coefficient (Wildman–Crippen LogP) is 3.09. The second kappa shape index (κ2) is 6.04. The molecular formula is C15H22O4. The van der Waals surface area contributed by atoms with Gasteiger partial charge in [-0.3, -0.25) is 4.79 Å². The van der Waals surface area contributed by atoms with Gasteiger partial charge in [-0.05, 0) is 32.1 Å². The topological polar surface area (TPSA) is 63.6 Å². The number of carbonyl (C=O) groups excluding carboxylic acids is 1. The molecule has 4 heteroatoms. The minimum Gasteiger partial charge on any atom is -0.481 e. The van der Waals surface area contributed by atoms with Crippen LogP contribution in [-0.4, -0.2) is 22.6 Å². The van der Waals surface area contributed by atoms with E-state index in [1.807, 2.05) is 0 Å². The summed E-state index contributed by atoms with van der Waals surface area (Å²) in [5.41, 5.74) is 0.612. The van der Waals surface area contributed by atoms with Gasteiger partial charge in [0.2, 0.25) is 0 Å². The predicted molar refractivity (Wildman–Crippen MR) is 72.7 cm³/mol. The van der Waals surface area contributed by atoms with E-state index in [0.29, 0.717) is 30.8 Å². The lowest BCUT2D eigenvalue weighted by Gasteiger charge is -2.40. The summed E-state index contributed by atoms with van der Waals surface area (Å²) in [5, 5.41) is 8.85. The summed E-state index contributed by atoms with van der Waals surface area (Å²) < 4.78 is 5.57. The number of carbonyl (C=O) groups is 2. The van der Waals surface area contributed by atoms with Crippen molar-refractivity contribution in [3.63, 3.8) is 0 Å². The van der Waals surface area contributed by atoms with Gasteiger partial charge in [0.15, 0.2) is 0 Å². The largest absolute Gasteiger partial charge is 0.481 e. The summed E-state index contributed by atoms with van der Waals surface area (Å²) in [4.78, 5) is 22.6. The van der Waals surface area contributed by atoms with Crippen molar-refractivity contribution in [2.24, 2.45) is 5.92 Å². The van der Waals surface area contributed by atoms with Crippen LogP contribution in [-0.2, 0) is 14.3 Å². The highest BCUT2D eigenvalue weighted by atomic mass is 16.6. The van der Waals surface area contributed by atoms with E-state index in [4.69, 9.17) is 9.84 Å². The average Bonchev–Trinajstić information content (AvgIpc) is 2.24. The quantitative estimate of drug-likeness (QED) is 0.472. The molecule has 1 fully saturated rings. The van der Waals surface area contributed by atoms with Gasteiger partial charge in [-0.15, -0.1) is 0 Å². The Morgan fingerprint density at radius 2 is 2.16 bits per heavy atom. The lowest BCUT2D eigenvalue weighted by Crippen LogP contribution is -2.41. The maximum Gasteiger partial charge on any atom is 0.333 e. The third kappa shape index (κ3) is 4.54. The number of hydrogen-bond donors (Lipinski definition) is 1. The molecule has 0 saturated heterocycles. The zero-order chi connectivity index (χ0) is 14.6. The van der Waals surface area contributed by atoms with Crippen molar-refractivity contribution in [2.75, 3.05) is 0 Å². The number of esters is 1. The van der Waals surface area contributed by atoms with Gasteiger partial charge < -0.3 is 9.84 Å². The van der Waals surface area contributed by atoms with E-state index in [-0.39, 0.29) is 6.42 Å². The molecule has 0 heterocycles. The first-order chi connectivity index (χ1) is 8.74. The lowest BCUT2D eigenvalue weighted by molar-refractivity contribution is -0.161. The van der Waals surface area contributed by atoms with E-state index in [0.717, 1.165) is 12.0 Å². The minimum absolute atomic E-state index is 0.0104. The van der Waals surface area contributed by atoms with Crippen molar-refractivity contribution in [1.82, 2.24) is 0 Å². The van der Waals surface area contributed by atoms with Crippen LogP contribution in [0.1, 0.15) is 46.0 Å². The van der Waals surface area contributed by atoms with Gasteiger partial charge in [0.05, 0.1) is 0 Å². The molecule has 0 aromatic heterocycles. The molecule has 0 amide bonds. The first-order valence-electron chi connectivity index (χ1n) is 6.51. The summed E-state index contributed by atoms with van der Waals surface area (Å²) in [7, 11) is 0. The highest BCUT2D eigenvalue weighted by Gasteiger charge is 2.40. The van der Waals surface area contributed by atoms with Crippen LogP contribution in [0.15, 0.2) is 24.3 Å². The van der Waals surface area contributed by atoms with Crippen molar-refractivity contribution in [1.29, 1.82) is 0 Å². The van der Waals surface area contributed by atoms with Crippen molar-refractivity contribution in [3.05, 3.63) is 24.3 Å². The van der Waals surface area contributed by atoms with E-state index < -0.39 is 17.5 Å². The monoisotopic (exact) mass is 266 g/mol. The number of aliphatic carboxylic acids is 1. The third-order valence-corrected chi connectivity index (χ3v) is 3.38. The summed E-state index contributed by atoms with van der Waals surface area (Å²) in [6.45, 7) is 11.2. The lowest BCUT2D eigenvalue weighted by atomic mass is 9.74. The molecule has 2 atom stereocenters. The van der Waals surface area contributed by atoms with Gasteiger partial charge in [0.1, 0.15) is 5.60 Å². The van der Waals surface area contributed by atoms with Crippen LogP contribution >= 0.6 is 0 Å². The van der Waals surface area contributed by atoms with E-state index in [2.05, 4.69) is 20.1 Å². The molecule has 1 aliphatic rings. The fraction of sp³-hybridized carbons (Fsp3) is 0.600. The standard InChI is InChI=1S/C15H22O4/c1-10(2)14(18)19-15(6-5-13(16)17)8-11(3)7-12(4)9-15/h12H,1,3,5-9H2,2,4H3,(H,16,17). The van der Waals surface area contributed by atoms with Crippen LogP contribution in [0, 0.1) is 5.92 Å². The number of rotatable bonds is 5. The zero-order valence-electron chi connectivity index (χ0n) is 11.7. The number of carboxylic acid groups (broad SMARTS) is 1. The maximum atomic E-state index is 11.8. The molecular weight excluding hydrogens is 244 g/mol. The fourth-order valence-corrected chi connectivity index (χ4v) is 2.74. The van der Waals surface area contributed by atoms with Gasteiger partial charge in [-0.1, -0.05) is 25.7 Å². The van der Waals surface area contributed by atoms with Gasteiger partial charge >= 0.3 is 11.9 Å². The number of ether oxygens (including phenoxy) is 1. The van der Waals surface area contributed by atoms with E-state index in [9.17, 15) is 9.59 Å². The van der Waals surface area contributed by atoms with Crippen LogP contribution in [0.3, 0.4) is 0 Å². The molecule has 2 unspecified atom stereocenters. The molecule has 1 N–H and O–H groups in total. The summed E-state index contributed by atoms with van der Waals surface area (Å²) in [5.74, 6) is -0.991. The Morgan fingerprint density at radius 1 is 1.53 bits per heavy atom. The highest BCUT2D eigenvalue weighted by Crippen LogP contribution is 2.41. The maximum absolute atomic E-state index is 11.8. The zero-order valence-corrected chi connectivity index (χ0v) is 11.7.